The summed E-state index contributed by atoms with van der Waals surface area (Å²) in [4.78, 5) is 2.18. The Kier molecular flexibility index (Phi) is 1.93. The summed E-state index contributed by atoms with van der Waals surface area (Å²) in [6, 6.07) is 0.381. The molecule has 1 atom stereocenters. The molecule has 0 saturated heterocycles. The highest BCUT2D eigenvalue weighted by Crippen LogP contribution is 2.02. The van der Waals surface area contributed by atoms with E-state index in [0.717, 1.165) is 6.54 Å². The minimum Gasteiger partial charge on any atom is -0.371 e. The van der Waals surface area contributed by atoms with Gasteiger partial charge in [0.15, 0.2) is 0 Å². The Labute approximate surface area is 56.7 Å². The lowest BCUT2D eigenvalue weighted by molar-refractivity contribution is 0.365. The van der Waals surface area contributed by atoms with Crippen LogP contribution in [-0.2, 0) is 0 Å². The lowest BCUT2D eigenvalue weighted by Crippen LogP contribution is -2.26. The molecular formula is C8H12N. The molecule has 1 unspecified atom stereocenters. The first-order valence-corrected chi connectivity index (χ1v) is 3.23. The van der Waals surface area contributed by atoms with Gasteiger partial charge in [0.2, 0.25) is 0 Å². The molecule has 0 aromatic rings. The summed E-state index contributed by atoms with van der Waals surface area (Å²) in [5, 5.41) is 0. The van der Waals surface area contributed by atoms with Gasteiger partial charge in [-0.3, -0.25) is 0 Å². The Morgan fingerprint density at radius 2 is 2.33 bits per heavy atom. The van der Waals surface area contributed by atoms with Gasteiger partial charge in [0.05, 0.1) is 0 Å². The third-order valence-corrected chi connectivity index (χ3v) is 1.41. The van der Waals surface area contributed by atoms with Crippen LogP contribution in [0.25, 0.3) is 0 Å². The van der Waals surface area contributed by atoms with Crippen molar-refractivity contribution in [1.82, 2.24) is 4.90 Å². The van der Waals surface area contributed by atoms with Crippen LogP contribution in [0.15, 0.2) is 24.4 Å². The Morgan fingerprint density at radius 3 is 2.67 bits per heavy atom. The van der Waals surface area contributed by atoms with Crippen LogP contribution in [0.4, 0.5) is 0 Å². The zero-order valence-corrected chi connectivity index (χ0v) is 5.75. The van der Waals surface area contributed by atoms with E-state index in [1.54, 1.807) is 0 Å². The summed E-state index contributed by atoms with van der Waals surface area (Å²) >= 11 is 0. The van der Waals surface area contributed by atoms with Crippen LogP contribution >= 0.6 is 0 Å². The molecular weight excluding hydrogens is 110 g/mol. The molecule has 1 aliphatic rings. The van der Waals surface area contributed by atoms with Crippen molar-refractivity contribution in [2.75, 3.05) is 6.54 Å². The zero-order valence-electron chi connectivity index (χ0n) is 5.75. The molecule has 0 aliphatic carbocycles. The number of nitrogens with zero attached hydrogens (tertiary/aromatic N) is 1. The molecule has 1 aliphatic heterocycles. The molecule has 1 rings (SSSR count). The van der Waals surface area contributed by atoms with Crippen LogP contribution in [0.5, 0.6) is 0 Å². The Morgan fingerprint density at radius 1 is 1.56 bits per heavy atom. The maximum atomic E-state index is 3.90. The fourth-order valence-corrected chi connectivity index (χ4v) is 0.809. The maximum Gasteiger partial charge on any atom is 0.0360 e. The van der Waals surface area contributed by atoms with E-state index in [9.17, 15) is 0 Å². The quantitative estimate of drug-likeness (QED) is 0.510. The minimum atomic E-state index is 0.381. The predicted molar refractivity (Wildman–Crippen MR) is 39.8 cm³/mol. The number of allylic oxidation sites excluding steroid dienone is 2. The van der Waals surface area contributed by atoms with Gasteiger partial charge in [-0.15, -0.1) is 0 Å². The average molecular weight is 122 g/mol. The van der Waals surface area contributed by atoms with Crippen LogP contribution in [0.3, 0.4) is 0 Å². The largest absolute Gasteiger partial charge is 0.371 e. The molecule has 1 heterocycles. The van der Waals surface area contributed by atoms with Crippen molar-refractivity contribution in [3.8, 4) is 0 Å². The van der Waals surface area contributed by atoms with E-state index in [1.807, 2.05) is 6.08 Å². The third kappa shape index (κ3) is 1.60. The maximum absolute atomic E-state index is 3.90. The molecule has 0 aromatic carbocycles. The molecule has 0 bridgehead atoms. The van der Waals surface area contributed by atoms with E-state index in [-0.39, 0.29) is 0 Å². The molecule has 49 valence electrons. The Bertz CT molecular complexity index is 134. The van der Waals surface area contributed by atoms with E-state index in [1.165, 1.54) is 0 Å². The van der Waals surface area contributed by atoms with Crippen molar-refractivity contribution in [3.63, 3.8) is 0 Å². The smallest absolute Gasteiger partial charge is 0.0360 e. The first-order valence-electron chi connectivity index (χ1n) is 3.23. The van der Waals surface area contributed by atoms with Crippen LogP contribution < -0.4 is 0 Å². The number of hydrogen-bond donors (Lipinski definition) is 0. The highest BCUT2D eigenvalue weighted by molar-refractivity contribution is 5.09. The second-order valence-corrected chi connectivity index (χ2v) is 2.32. The van der Waals surface area contributed by atoms with Gasteiger partial charge in [0.25, 0.3) is 0 Å². The predicted octanol–water partition coefficient (Wildman–Crippen LogP) is 1.59. The first-order chi connectivity index (χ1) is 4.30. The molecule has 0 aromatic heterocycles. The van der Waals surface area contributed by atoms with Crippen LogP contribution in [0.2, 0.25) is 0 Å². The molecule has 0 saturated carbocycles. The summed E-state index contributed by atoms with van der Waals surface area (Å²) in [6.07, 6.45) is 8.28. The van der Waals surface area contributed by atoms with Crippen LogP contribution in [0.1, 0.15) is 6.92 Å². The third-order valence-electron chi connectivity index (χ3n) is 1.41. The van der Waals surface area contributed by atoms with Gasteiger partial charge in [-0.05, 0) is 26.1 Å². The van der Waals surface area contributed by atoms with Gasteiger partial charge in [-0.25, -0.2) is 0 Å². The standard InChI is InChI=1S/C8H12N/c1-8(2)9-6-4-3-5-7-9/h3-6,8H,1,7H2,2H3. The van der Waals surface area contributed by atoms with Gasteiger partial charge < -0.3 is 4.90 Å². The van der Waals surface area contributed by atoms with Crippen LogP contribution in [-0.4, -0.2) is 17.5 Å². The molecule has 0 N–H and O–H groups in total. The molecule has 1 nitrogen and oxygen atoms in total. The van der Waals surface area contributed by atoms with Gasteiger partial charge in [0, 0.05) is 12.6 Å². The van der Waals surface area contributed by atoms with Gasteiger partial charge in [-0.1, -0.05) is 12.2 Å². The van der Waals surface area contributed by atoms with E-state index in [0.29, 0.717) is 6.04 Å². The van der Waals surface area contributed by atoms with Crippen molar-refractivity contribution < 1.29 is 0 Å². The van der Waals surface area contributed by atoms with Gasteiger partial charge in [-0.2, -0.15) is 0 Å². The van der Waals surface area contributed by atoms with Crippen molar-refractivity contribution in [1.29, 1.82) is 0 Å². The first kappa shape index (κ1) is 6.40. The average Bonchev–Trinajstić information content (AvgIpc) is 1.90. The van der Waals surface area contributed by atoms with Crippen molar-refractivity contribution in [2.45, 2.75) is 13.0 Å². The minimum absolute atomic E-state index is 0.381. The van der Waals surface area contributed by atoms with Crippen molar-refractivity contribution in [3.05, 3.63) is 31.4 Å². The molecule has 0 spiro atoms. The molecule has 0 amide bonds. The molecule has 1 radical (unpaired) electrons. The fourth-order valence-electron chi connectivity index (χ4n) is 0.809. The normalized spacial score (nSPS) is 17.4. The second kappa shape index (κ2) is 2.72. The second-order valence-electron chi connectivity index (χ2n) is 2.32. The Balaban J connectivity index is 2.46. The summed E-state index contributed by atoms with van der Waals surface area (Å²) in [5.74, 6) is 0. The summed E-state index contributed by atoms with van der Waals surface area (Å²) in [5.41, 5.74) is 0. The highest BCUT2D eigenvalue weighted by Gasteiger charge is 2.01. The SMILES string of the molecule is [CH2]C(C)N1C=CC=CC1. The Hall–Kier alpha value is -0.720. The van der Waals surface area contributed by atoms with E-state index < -0.39 is 0 Å². The summed E-state index contributed by atoms with van der Waals surface area (Å²) < 4.78 is 0. The fraction of sp³-hybridized carbons (Fsp3) is 0.375. The number of hydrogen-bond acceptors (Lipinski definition) is 1. The lowest BCUT2D eigenvalue weighted by atomic mass is 10.3. The van der Waals surface area contributed by atoms with E-state index in [2.05, 4.69) is 37.1 Å². The molecule has 9 heavy (non-hydrogen) atoms. The summed E-state index contributed by atoms with van der Waals surface area (Å²) in [7, 11) is 0. The van der Waals surface area contributed by atoms with E-state index >= 15 is 0 Å². The van der Waals surface area contributed by atoms with Crippen LogP contribution in [0, 0.1) is 6.92 Å². The molecule has 0 fully saturated rings. The van der Waals surface area contributed by atoms with Gasteiger partial charge in [0.1, 0.15) is 0 Å². The monoisotopic (exact) mass is 122 g/mol. The van der Waals surface area contributed by atoms with Crippen molar-refractivity contribution >= 4 is 0 Å². The summed E-state index contributed by atoms with van der Waals surface area (Å²) in [6.45, 7) is 6.99. The van der Waals surface area contributed by atoms with E-state index in [4.69, 9.17) is 0 Å². The zero-order chi connectivity index (χ0) is 6.69. The lowest BCUT2D eigenvalue weighted by Gasteiger charge is -2.24. The highest BCUT2D eigenvalue weighted by atomic mass is 15.1. The molecule has 1 heteroatoms. The van der Waals surface area contributed by atoms with Gasteiger partial charge >= 0.3 is 0 Å². The number of rotatable bonds is 1. The van der Waals surface area contributed by atoms with Crippen molar-refractivity contribution in [2.24, 2.45) is 0 Å². The topological polar surface area (TPSA) is 3.24 Å².